The van der Waals surface area contributed by atoms with E-state index < -0.39 is 0 Å². The van der Waals surface area contributed by atoms with Crippen LogP contribution < -0.4 is 5.32 Å². The van der Waals surface area contributed by atoms with Crippen LogP contribution in [0.4, 0.5) is 5.13 Å². The molecule has 1 aliphatic rings. The number of furan rings is 1. The van der Waals surface area contributed by atoms with Crippen LogP contribution in [0.1, 0.15) is 49.7 Å². The summed E-state index contributed by atoms with van der Waals surface area (Å²) < 4.78 is 4.96. The van der Waals surface area contributed by atoms with Crippen LogP contribution in [0.15, 0.2) is 28.4 Å². The molecule has 1 N–H and O–H groups in total. The molecule has 0 spiro atoms. The van der Waals surface area contributed by atoms with Gasteiger partial charge in [0.1, 0.15) is 6.26 Å². The number of likely N-dealkylation sites (tertiary alicyclic amines) is 1. The molecule has 0 bridgehead atoms. The van der Waals surface area contributed by atoms with E-state index in [4.69, 9.17) is 4.42 Å². The molecule has 134 valence electrons. The third-order valence-electron chi connectivity index (χ3n) is 4.42. The molecule has 0 saturated carbocycles. The van der Waals surface area contributed by atoms with Crippen molar-refractivity contribution in [2.75, 3.05) is 18.4 Å². The van der Waals surface area contributed by atoms with Crippen molar-refractivity contribution in [3.05, 3.63) is 35.2 Å². The standard InChI is InChI=1S/C18H23N3O3S/c1-18(2,3)14-11-25-17(19-14)20-15(22)12-4-7-21(8-5-12)16(23)13-6-9-24-10-13/h6,9-12H,4-5,7-8H2,1-3H3,(H,19,20,22). The molecular weight excluding hydrogens is 338 g/mol. The summed E-state index contributed by atoms with van der Waals surface area (Å²) >= 11 is 1.45. The Morgan fingerprint density at radius 3 is 2.60 bits per heavy atom. The first-order valence-corrected chi connectivity index (χ1v) is 9.31. The summed E-state index contributed by atoms with van der Waals surface area (Å²) in [5.74, 6) is -0.136. The lowest BCUT2D eigenvalue weighted by Gasteiger charge is -2.30. The highest BCUT2D eigenvalue weighted by atomic mass is 32.1. The van der Waals surface area contributed by atoms with E-state index >= 15 is 0 Å². The molecule has 0 aromatic carbocycles. The first-order valence-electron chi connectivity index (χ1n) is 8.43. The van der Waals surface area contributed by atoms with Gasteiger partial charge in [-0.1, -0.05) is 20.8 Å². The summed E-state index contributed by atoms with van der Waals surface area (Å²) in [5.41, 5.74) is 1.51. The van der Waals surface area contributed by atoms with Crippen LogP contribution in [0, 0.1) is 5.92 Å². The maximum absolute atomic E-state index is 12.5. The number of aromatic nitrogens is 1. The Hall–Kier alpha value is -2.15. The number of carbonyl (C=O) groups is 2. The number of amides is 2. The lowest BCUT2D eigenvalue weighted by Crippen LogP contribution is -2.41. The Morgan fingerprint density at radius 2 is 2.04 bits per heavy atom. The van der Waals surface area contributed by atoms with Gasteiger partial charge in [0.05, 0.1) is 17.5 Å². The van der Waals surface area contributed by atoms with Crippen molar-refractivity contribution in [3.63, 3.8) is 0 Å². The molecule has 1 aliphatic heterocycles. The topological polar surface area (TPSA) is 75.4 Å². The SMILES string of the molecule is CC(C)(C)c1csc(NC(=O)C2CCN(C(=O)c3ccoc3)CC2)n1. The van der Waals surface area contributed by atoms with Crippen molar-refractivity contribution in [3.8, 4) is 0 Å². The Labute approximate surface area is 151 Å². The second-order valence-corrected chi connectivity index (χ2v) is 8.21. The zero-order chi connectivity index (χ0) is 18.0. The Morgan fingerprint density at radius 1 is 1.32 bits per heavy atom. The molecule has 3 heterocycles. The van der Waals surface area contributed by atoms with Gasteiger partial charge in [0.15, 0.2) is 5.13 Å². The molecule has 0 atom stereocenters. The molecule has 2 aromatic heterocycles. The van der Waals surface area contributed by atoms with Gasteiger partial charge in [-0.15, -0.1) is 11.3 Å². The molecule has 25 heavy (non-hydrogen) atoms. The van der Waals surface area contributed by atoms with Gasteiger partial charge in [0, 0.05) is 29.8 Å². The van der Waals surface area contributed by atoms with Crippen molar-refractivity contribution < 1.29 is 14.0 Å². The predicted octanol–water partition coefficient (Wildman–Crippen LogP) is 3.52. The summed E-state index contributed by atoms with van der Waals surface area (Å²) in [6.45, 7) is 7.45. The van der Waals surface area contributed by atoms with Gasteiger partial charge in [-0.05, 0) is 18.9 Å². The molecule has 0 aliphatic carbocycles. The summed E-state index contributed by atoms with van der Waals surface area (Å²) in [6, 6.07) is 1.66. The van der Waals surface area contributed by atoms with E-state index in [1.807, 2.05) is 5.38 Å². The number of anilines is 1. The Kier molecular flexibility index (Phi) is 4.94. The van der Waals surface area contributed by atoms with Gasteiger partial charge in [-0.3, -0.25) is 9.59 Å². The lowest BCUT2D eigenvalue weighted by molar-refractivity contribution is -0.121. The quantitative estimate of drug-likeness (QED) is 0.907. The van der Waals surface area contributed by atoms with Crippen LogP contribution in [-0.2, 0) is 10.2 Å². The van der Waals surface area contributed by atoms with Crippen molar-refractivity contribution in [2.24, 2.45) is 5.92 Å². The molecule has 2 amide bonds. The average Bonchev–Trinajstić information content (AvgIpc) is 3.25. The number of nitrogens with one attached hydrogen (secondary N) is 1. The van der Waals surface area contributed by atoms with Crippen LogP contribution in [0.25, 0.3) is 0 Å². The van der Waals surface area contributed by atoms with E-state index in [0.29, 0.717) is 36.6 Å². The number of thiazole rings is 1. The zero-order valence-corrected chi connectivity index (χ0v) is 15.6. The Balaban J connectivity index is 1.53. The van der Waals surface area contributed by atoms with Crippen LogP contribution in [-0.4, -0.2) is 34.8 Å². The average molecular weight is 361 g/mol. The molecule has 2 aromatic rings. The number of carbonyl (C=O) groups excluding carboxylic acids is 2. The molecule has 0 radical (unpaired) electrons. The number of nitrogens with zero attached hydrogens (tertiary/aromatic N) is 2. The minimum absolute atomic E-state index is 0.00906. The first kappa shape index (κ1) is 17.7. The largest absolute Gasteiger partial charge is 0.472 e. The Bertz CT molecular complexity index is 738. The highest BCUT2D eigenvalue weighted by molar-refractivity contribution is 7.13. The fourth-order valence-corrected chi connectivity index (χ4v) is 3.74. The van der Waals surface area contributed by atoms with Gasteiger partial charge in [0.25, 0.3) is 5.91 Å². The monoisotopic (exact) mass is 361 g/mol. The number of piperidine rings is 1. The first-order chi connectivity index (χ1) is 11.8. The third kappa shape index (κ3) is 4.10. The second-order valence-electron chi connectivity index (χ2n) is 7.36. The minimum atomic E-state index is -0.0876. The van der Waals surface area contributed by atoms with Crippen LogP contribution in [0.2, 0.25) is 0 Å². The van der Waals surface area contributed by atoms with Gasteiger partial charge < -0.3 is 14.6 Å². The van der Waals surface area contributed by atoms with E-state index in [9.17, 15) is 9.59 Å². The highest BCUT2D eigenvalue weighted by Crippen LogP contribution is 2.27. The predicted molar refractivity (Wildman–Crippen MR) is 96.8 cm³/mol. The van der Waals surface area contributed by atoms with Gasteiger partial charge in [-0.25, -0.2) is 4.98 Å². The molecule has 7 heteroatoms. The van der Waals surface area contributed by atoms with Gasteiger partial charge >= 0.3 is 0 Å². The van der Waals surface area contributed by atoms with E-state index in [-0.39, 0.29) is 23.1 Å². The molecule has 1 saturated heterocycles. The number of hydrogen-bond acceptors (Lipinski definition) is 5. The van der Waals surface area contributed by atoms with E-state index in [1.54, 1.807) is 11.0 Å². The molecule has 0 unspecified atom stereocenters. The molecular formula is C18H23N3O3S. The van der Waals surface area contributed by atoms with E-state index in [1.165, 1.54) is 23.9 Å². The van der Waals surface area contributed by atoms with Crippen molar-refractivity contribution >= 4 is 28.3 Å². The fourth-order valence-electron chi connectivity index (χ4n) is 2.80. The van der Waals surface area contributed by atoms with Crippen molar-refractivity contribution in [1.29, 1.82) is 0 Å². The molecule has 6 nitrogen and oxygen atoms in total. The van der Waals surface area contributed by atoms with Gasteiger partial charge in [0.2, 0.25) is 5.91 Å². The summed E-state index contributed by atoms with van der Waals surface area (Å²) in [7, 11) is 0. The smallest absolute Gasteiger partial charge is 0.257 e. The maximum Gasteiger partial charge on any atom is 0.257 e. The minimum Gasteiger partial charge on any atom is -0.472 e. The van der Waals surface area contributed by atoms with Crippen LogP contribution >= 0.6 is 11.3 Å². The normalized spacial score (nSPS) is 16.0. The van der Waals surface area contributed by atoms with Crippen LogP contribution in [0.3, 0.4) is 0 Å². The summed E-state index contributed by atoms with van der Waals surface area (Å²) in [4.78, 5) is 31.0. The lowest BCUT2D eigenvalue weighted by atomic mass is 9.93. The number of rotatable bonds is 3. The fraction of sp³-hybridized carbons (Fsp3) is 0.500. The summed E-state index contributed by atoms with van der Waals surface area (Å²) in [5, 5.41) is 5.56. The zero-order valence-electron chi connectivity index (χ0n) is 14.7. The van der Waals surface area contributed by atoms with Gasteiger partial charge in [-0.2, -0.15) is 0 Å². The molecule has 1 fully saturated rings. The highest BCUT2D eigenvalue weighted by Gasteiger charge is 2.29. The number of hydrogen-bond donors (Lipinski definition) is 1. The van der Waals surface area contributed by atoms with E-state index in [0.717, 1.165) is 5.69 Å². The van der Waals surface area contributed by atoms with Crippen LogP contribution in [0.5, 0.6) is 0 Å². The summed E-state index contributed by atoms with van der Waals surface area (Å²) in [6.07, 6.45) is 4.27. The van der Waals surface area contributed by atoms with E-state index in [2.05, 4.69) is 31.1 Å². The third-order valence-corrected chi connectivity index (χ3v) is 5.18. The van der Waals surface area contributed by atoms with Crippen molar-refractivity contribution in [2.45, 2.75) is 39.0 Å². The maximum atomic E-state index is 12.5. The molecule has 3 rings (SSSR count). The van der Waals surface area contributed by atoms with Crippen molar-refractivity contribution in [1.82, 2.24) is 9.88 Å². The second kappa shape index (κ2) is 7.00.